The lowest BCUT2D eigenvalue weighted by Gasteiger charge is -2.30. The van der Waals surface area contributed by atoms with Gasteiger partial charge in [-0.3, -0.25) is 0 Å². The first kappa shape index (κ1) is 35.0. The van der Waals surface area contributed by atoms with Gasteiger partial charge in [0.2, 0.25) is 0 Å². The van der Waals surface area contributed by atoms with Gasteiger partial charge in [-0.15, -0.1) is 0 Å². The smallest absolute Gasteiger partial charge is 0.494 e. The van der Waals surface area contributed by atoms with Crippen LogP contribution in [0.25, 0.3) is 0 Å². The van der Waals surface area contributed by atoms with Crippen LogP contribution < -0.4 is 9.64 Å². The zero-order chi connectivity index (χ0) is 28.1. The lowest BCUT2D eigenvalue weighted by molar-refractivity contribution is 0.0693. The van der Waals surface area contributed by atoms with Gasteiger partial charge in [0, 0.05) is 70.5 Å². The Labute approximate surface area is 235 Å². The maximum Gasteiger partial charge on any atom is 0.501 e. The third-order valence-electron chi connectivity index (χ3n) is 5.98. The van der Waals surface area contributed by atoms with Crippen LogP contribution in [0.3, 0.4) is 0 Å². The number of unbranched alkanes of at least 4 members (excludes halogenated alkanes) is 1. The van der Waals surface area contributed by atoms with Gasteiger partial charge in [0.1, 0.15) is 5.75 Å². The van der Waals surface area contributed by atoms with Gasteiger partial charge in [0.15, 0.2) is 0 Å². The number of anilines is 1. The van der Waals surface area contributed by atoms with Crippen molar-refractivity contribution >= 4 is 23.3 Å². The average molecular weight is 574 g/mol. The Balaban J connectivity index is 2.72. The molecule has 0 bridgehead atoms. The average Bonchev–Trinajstić information content (AvgIpc) is 2.90. The summed E-state index contributed by atoms with van der Waals surface area (Å²) in [7, 11) is -5.25. The van der Waals surface area contributed by atoms with Crippen LogP contribution in [0.2, 0.25) is 12.1 Å². The summed E-state index contributed by atoms with van der Waals surface area (Å²) in [5.41, 5.74) is 1.21. The zero-order valence-electron chi connectivity index (χ0n) is 25.2. The van der Waals surface area contributed by atoms with Gasteiger partial charge in [-0.1, -0.05) is 13.3 Å². The highest BCUT2D eigenvalue weighted by Gasteiger charge is 2.40. The Kier molecular flexibility index (Phi) is 19.2. The SMILES string of the molecule is CCCCN(CCC[Si](OCC)(OCC)OCC)c1ccc(OCCC[Si](OCC)(OCC)OCC)cc1. The van der Waals surface area contributed by atoms with Gasteiger partial charge in [-0.25, -0.2) is 0 Å². The highest BCUT2D eigenvalue weighted by molar-refractivity contribution is 6.61. The third kappa shape index (κ3) is 12.9. The maximum absolute atomic E-state index is 6.05. The molecular weight excluding hydrogens is 518 g/mol. The fourth-order valence-electron chi connectivity index (χ4n) is 4.44. The van der Waals surface area contributed by atoms with E-state index in [1.54, 1.807) is 0 Å². The van der Waals surface area contributed by atoms with Crippen molar-refractivity contribution in [3.63, 3.8) is 0 Å². The molecule has 0 saturated heterocycles. The molecule has 222 valence electrons. The van der Waals surface area contributed by atoms with E-state index in [2.05, 4.69) is 36.1 Å². The van der Waals surface area contributed by atoms with Crippen LogP contribution in [0.1, 0.15) is 74.1 Å². The number of ether oxygens (including phenoxy) is 1. The second-order valence-electron chi connectivity index (χ2n) is 8.85. The summed E-state index contributed by atoms with van der Waals surface area (Å²) in [5, 5.41) is 0. The van der Waals surface area contributed by atoms with E-state index in [1.807, 2.05) is 41.5 Å². The van der Waals surface area contributed by atoms with Crippen molar-refractivity contribution in [2.45, 2.75) is 86.2 Å². The molecule has 8 nitrogen and oxygen atoms in total. The Bertz CT molecular complexity index is 662. The van der Waals surface area contributed by atoms with Gasteiger partial charge in [0.25, 0.3) is 0 Å². The maximum atomic E-state index is 6.05. The second-order valence-corrected chi connectivity index (χ2v) is 14.3. The quantitative estimate of drug-likeness (QED) is 0.0964. The largest absolute Gasteiger partial charge is 0.501 e. The van der Waals surface area contributed by atoms with Crippen molar-refractivity contribution in [3.8, 4) is 5.75 Å². The fourth-order valence-corrected chi connectivity index (χ4v) is 9.61. The lowest BCUT2D eigenvalue weighted by Crippen LogP contribution is -2.46. The highest BCUT2D eigenvalue weighted by Crippen LogP contribution is 2.24. The molecule has 0 aliphatic rings. The Morgan fingerprint density at radius 1 is 0.553 bits per heavy atom. The number of benzene rings is 1. The topological polar surface area (TPSA) is 67.9 Å². The normalized spacial score (nSPS) is 12.2. The van der Waals surface area contributed by atoms with Gasteiger partial charge >= 0.3 is 17.6 Å². The van der Waals surface area contributed by atoms with Crippen LogP contribution in [-0.2, 0) is 26.6 Å². The molecule has 0 amide bonds. The molecule has 0 atom stereocenters. The van der Waals surface area contributed by atoms with E-state index >= 15 is 0 Å². The number of nitrogens with zero attached hydrogens (tertiary/aromatic N) is 1. The monoisotopic (exact) mass is 573 g/mol. The first-order valence-electron chi connectivity index (χ1n) is 14.8. The number of rotatable bonds is 25. The molecular formula is C28H55NO7Si2. The minimum absolute atomic E-state index is 0.592. The molecule has 1 aromatic carbocycles. The van der Waals surface area contributed by atoms with Crippen LogP contribution in [0.5, 0.6) is 5.75 Å². The summed E-state index contributed by atoms with van der Waals surface area (Å²) in [6.07, 6.45) is 4.08. The molecule has 1 aromatic rings. The lowest BCUT2D eigenvalue weighted by atomic mass is 10.2. The first-order valence-corrected chi connectivity index (χ1v) is 18.6. The van der Waals surface area contributed by atoms with Crippen molar-refractivity contribution in [2.75, 3.05) is 64.2 Å². The predicted octanol–water partition coefficient (Wildman–Crippen LogP) is 6.55. The van der Waals surface area contributed by atoms with Crippen LogP contribution in [0.15, 0.2) is 24.3 Å². The van der Waals surface area contributed by atoms with E-state index in [0.717, 1.165) is 56.6 Å². The van der Waals surface area contributed by atoms with Gasteiger partial charge in [-0.05, 0) is 85.1 Å². The van der Waals surface area contributed by atoms with E-state index in [1.165, 1.54) is 5.69 Å². The molecule has 0 aliphatic carbocycles. The van der Waals surface area contributed by atoms with Crippen LogP contribution >= 0.6 is 0 Å². The van der Waals surface area contributed by atoms with E-state index in [-0.39, 0.29) is 0 Å². The van der Waals surface area contributed by atoms with Crippen LogP contribution in [0.4, 0.5) is 5.69 Å². The summed E-state index contributed by atoms with van der Waals surface area (Å²) in [6, 6.07) is 10.0. The first-order chi connectivity index (χ1) is 18.5. The number of hydrogen-bond donors (Lipinski definition) is 0. The predicted molar refractivity (Wildman–Crippen MR) is 159 cm³/mol. The molecule has 0 fully saturated rings. The molecule has 0 aliphatic heterocycles. The van der Waals surface area contributed by atoms with Gasteiger partial charge in [-0.2, -0.15) is 0 Å². The summed E-state index contributed by atoms with van der Waals surface area (Å²) >= 11 is 0. The minimum Gasteiger partial charge on any atom is -0.494 e. The minimum atomic E-state index is -2.62. The molecule has 10 heteroatoms. The second kappa shape index (κ2) is 20.9. The van der Waals surface area contributed by atoms with Crippen LogP contribution in [0, 0.1) is 0 Å². The van der Waals surface area contributed by atoms with E-state index < -0.39 is 17.6 Å². The third-order valence-corrected chi connectivity index (χ3v) is 12.3. The van der Waals surface area contributed by atoms with Crippen LogP contribution in [-0.4, -0.2) is 76.9 Å². The van der Waals surface area contributed by atoms with E-state index in [4.69, 9.17) is 31.3 Å². The summed E-state index contributed by atoms with van der Waals surface area (Å²) < 4.78 is 42.0. The van der Waals surface area contributed by atoms with E-state index in [0.29, 0.717) is 46.2 Å². The summed E-state index contributed by atoms with van der Waals surface area (Å²) in [4.78, 5) is 2.45. The summed E-state index contributed by atoms with van der Waals surface area (Å²) in [6.45, 7) is 20.3. The van der Waals surface area contributed by atoms with Crippen molar-refractivity contribution in [2.24, 2.45) is 0 Å². The van der Waals surface area contributed by atoms with E-state index in [9.17, 15) is 0 Å². The zero-order valence-corrected chi connectivity index (χ0v) is 27.2. The van der Waals surface area contributed by atoms with Gasteiger partial charge in [0.05, 0.1) is 6.61 Å². The van der Waals surface area contributed by atoms with Crippen molar-refractivity contribution in [1.82, 2.24) is 0 Å². The fraction of sp³-hybridized carbons (Fsp3) is 0.786. The standard InChI is InChI=1S/C28H55NO7Si2/c1-8-15-22-29(23-16-25-37(31-9-2,32-10-3)33-11-4)27-18-20-28(21-19-27)30-24-17-26-38(34-12-5,35-13-6)36-14-7/h18-21H,8-17,22-26H2,1-7H3. The van der Waals surface area contributed by atoms with Crippen molar-refractivity contribution in [1.29, 1.82) is 0 Å². The number of hydrogen-bond acceptors (Lipinski definition) is 8. The molecule has 0 N–H and O–H groups in total. The summed E-state index contributed by atoms with van der Waals surface area (Å²) in [5.74, 6) is 0.871. The Morgan fingerprint density at radius 2 is 0.974 bits per heavy atom. The van der Waals surface area contributed by atoms with Crippen molar-refractivity contribution < 1.29 is 31.3 Å². The Hall–Kier alpha value is -0.986. The molecule has 0 heterocycles. The molecule has 0 unspecified atom stereocenters. The molecule has 0 saturated carbocycles. The van der Waals surface area contributed by atoms with Crippen molar-refractivity contribution in [3.05, 3.63) is 24.3 Å². The molecule has 1 rings (SSSR count). The highest BCUT2D eigenvalue weighted by atomic mass is 28.4. The molecule has 0 spiro atoms. The molecule has 0 radical (unpaired) electrons. The van der Waals surface area contributed by atoms with Gasteiger partial charge < -0.3 is 36.2 Å². The molecule has 38 heavy (non-hydrogen) atoms. The Morgan fingerprint density at radius 3 is 1.39 bits per heavy atom. The molecule has 0 aromatic heterocycles.